The summed E-state index contributed by atoms with van der Waals surface area (Å²) in [5.41, 5.74) is 2.95. The molecule has 2 heterocycles. The molecule has 2 saturated heterocycles. The number of anilines is 1. The Labute approximate surface area is 194 Å². The average molecular weight is 456 g/mol. The molecule has 7 heteroatoms. The summed E-state index contributed by atoms with van der Waals surface area (Å²) >= 11 is 6.22. The van der Waals surface area contributed by atoms with E-state index in [1.165, 1.54) is 5.56 Å². The Balaban J connectivity index is 1.28. The number of halogens is 1. The predicted octanol–water partition coefficient (Wildman–Crippen LogP) is 3.62. The first-order valence-corrected chi connectivity index (χ1v) is 11.5. The zero-order valence-corrected chi connectivity index (χ0v) is 19.3. The van der Waals surface area contributed by atoms with Gasteiger partial charge in [0.05, 0.1) is 28.8 Å². The van der Waals surface area contributed by atoms with Crippen LogP contribution in [-0.4, -0.2) is 48.6 Å². The topological polar surface area (TPSA) is 61.9 Å². The van der Waals surface area contributed by atoms with Gasteiger partial charge in [0.2, 0.25) is 11.8 Å². The van der Waals surface area contributed by atoms with Crippen molar-refractivity contribution >= 4 is 29.1 Å². The molecule has 0 aliphatic carbocycles. The van der Waals surface area contributed by atoms with Gasteiger partial charge in [-0.2, -0.15) is 0 Å². The van der Waals surface area contributed by atoms with Gasteiger partial charge in [-0.3, -0.25) is 14.5 Å². The maximum atomic E-state index is 12.7. The molecule has 0 spiro atoms. The van der Waals surface area contributed by atoms with Gasteiger partial charge in [-0.05, 0) is 37.1 Å². The number of morpholine rings is 1. The van der Waals surface area contributed by atoms with E-state index in [2.05, 4.69) is 48.3 Å². The minimum Gasteiger partial charge on any atom is -0.373 e. The first-order chi connectivity index (χ1) is 15.4. The molecule has 2 amide bonds. The lowest BCUT2D eigenvalue weighted by Gasteiger charge is -2.35. The van der Waals surface area contributed by atoms with Crippen LogP contribution in [0.5, 0.6) is 0 Å². The number of rotatable bonds is 6. The number of para-hydroxylation sites is 1. The van der Waals surface area contributed by atoms with E-state index < -0.39 is 0 Å². The fourth-order valence-electron chi connectivity index (χ4n) is 4.55. The predicted molar refractivity (Wildman–Crippen MR) is 125 cm³/mol. The summed E-state index contributed by atoms with van der Waals surface area (Å²) in [4.78, 5) is 29.1. The number of carbonyl (C=O) groups excluding carboxylic acids is 2. The third-order valence-electron chi connectivity index (χ3n) is 6.03. The van der Waals surface area contributed by atoms with Gasteiger partial charge in [0.15, 0.2) is 0 Å². The Morgan fingerprint density at radius 3 is 2.38 bits per heavy atom. The van der Waals surface area contributed by atoms with Crippen molar-refractivity contribution < 1.29 is 14.3 Å². The molecule has 2 aliphatic heterocycles. The largest absolute Gasteiger partial charge is 0.373 e. The highest BCUT2D eigenvalue weighted by Crippen LogP contribution is 2.31. The fourth-order valence-corrected chi connectivity index (χ4v) is 4.79. The zero-order valence-electron chi connectivity index (χ0n) is 18.6. The molecule has 0 bridgehead atoms. The summed E-state index contributed by atoms with van der Waals surface area (Å²) in [6, 6.07) is 15.6. The van der Waals surface area contributed by atoms with Gasteiger partial charge in [0.25, 0.3) is 0 Å². The van der Waals surface area contributed by atoms with E-state index in [1.807, 2.05) is 12.1 Å². The number of nitrogens with one attached hydrogen (secondary N) is 1. The van der Waals surface area contributed by atoms with Crippen LogP contribution < -0.4 is 10.2 Å². The molecule has 32 heavy (non-hydrogen) atoms. The first kappa shape index (κ1) is 22.8. The van der Waals surface area contributed by atoms with Crippen molar-refractivity contribution in [3.63, 3.8) is 0 Å². The third kappa shape index (κ3) is 5.49. The standard InChI is InChI=1S/C25H30ClN3O3/c1-17-13-28(14-18(2)32-17)15-20-9-7-19(8-10-20)12-27-25(31)21-11-24(30)29(16-21)23-6-4-3-5-22(23)26/h3-10,17-18,21H,11-16H2,1-2H3,(H,27,31). The monoisotopic (exact) mass is 455 g/mol. The van der Waals surface area contributed by atoms with E-state index in [0.29, 0.717) is 23.8 Å². The van der Waals surface area contributed by atoms with Gasteiger partial charge < -0.3 is 15.0 Å². The van der Waals surface area contributed by atoms with Crippen molar-refractivity contribution in [2.45, 2.75) is 45.6 Å². The summed E-state index contributed by atoms with van der Waals surface area (Å²) in [7, 11) is 0. The minimum atomic E-state index is -0.372. The van der Waals surface area contributed by atoms with Crippen molar-refractivity contribution in [2.75, 3.05) is 24.5 Å². The summed E-state index contributed by atoms with van der Waals surface area (Å²) < 4.78 is 5.80. The summed E-state index contributed by atoms with van der Waals surface area (Å²) in [6.07, 6.45) is 0.709. The Morgan fingerprint density at radius 2 is 1.69 bits per heavy atom. The van der Waals surface area contributed by atoms with Crippen LogP contribution in [0, 0.1) is 5.92 Å². The van der Waals surface area contributed by atoms with Crippen LogP contribution >= 0.6 is 11.6 Å². The molecule has 2 fully saturated rings. The van der Waals surface area contributed by atoms with E-state index in [4.69, 9.17) is 16.3 Å². The van der Waals surface area contributed by atoms with E-state index in [9.17, 15) is 9.59 Å². The number of amides is 2. The molecule has 6 nitrogen and oxygen atoms in total. The van der Waals surface area contributed by atoms with Gasteiger partial charge in [0.1, 0.15) is 0 Å². The minimum absolute atomic E-state index is 0.0747. The maximum absolute atomic E-state index is 12.7. The Bertz CT molecular complexity index is 955. The highest BCUT2D eigenvalue weighted by atomic mass is 35.5. The Kier molecular flexibility index (Phi) is 7.13. The fraction of sp³-hybridized carbons (Fsp3) is 0.440. The SMILES string of the molecule is CC1CN(Cc2ccc(CNC(=O)C3CC(=O)N(c4ccccc4Cl)C3)cc2)CC(C)O1. The lowest BCUT2D eigenvalue weighted by molar-refractivity contribution is -0.126. The third-order valence-corrected chi connectivity index (χ3v) is 6.35. The van der Waals surface area contributed by atoms with Crippen LogP contribution in [0.2, 0.25) is 5.02 Å². The van der Waals surface area contributed by atoms with Crippen molar-refractivity contribution in [1.82, 2.24) is 10.2 Å². The summed E-state index contributed by atoms with van der Waals surface area (Å²) in [5.74, 6) is -0.550. The molecule has 0 radical (unpaired) electrons. The van der Waals surface area contributed by atoms with Gasteiger partial charge in [-0.1, -0.05) is 48.0 Å². The average Bonchev–Trinajstić information content (AvgIpc) is 3.14. The molecule has 1 N–H and O–H groups in total. The number of hydrogen-bond acceptors (Lipinski definition) is 4. The number of benzene rings is 2. The van der Waals surface area contributed by atoms with Crippen molar-refractivity contribution in [3.05, 3.63) is 64.7 Å². The van der Waals surface area contributed by atoms with E-state index in [1.54, 1.807) is 17.0 Å². The lowest BCUT2D eigenvalue weighted by atomic mass is 10.1. The normalized spacial score (nSPS) is 24.0. The van der Waals surface area contributed by atoms with Crippen LogP contribution in [-0.2, 0) is 27.4 Å². The van der Waals surface area contributed by atoms with Crippen molar-refractivity contribution in [1.29, 1.82) is 0 Å². The van der Waals surface area contributed by atoms with E-state index >= 15 is 0 Å². The highest BCUT2D eigenvalue weighted by Gasteiger charge is 2.35. The second-order valence-electron chi connectivity index (χ2n) is 8.84. The molecule has 3 unspecified atom stereocenters. The Hall–Kier alpha value is -2.41. The molecular formula is C25H30ClN3O3. The zero-order chi connectivity index (χ0) is 22.7. The molecule has 4 rings (SSSR count). The molecule has 0 aromatic heterocycles. The van der Waals surface area contributed by atoms with Crippen LogP contribution in [0.4, 0.5) is 5.69 Å². The van der Waals surface area contributed by atoms with Crippen LogP contribution in [0.1, 0.15) is 31.4 Å². The highest BCUT2D eigenvalue weighted by molar-refractivity contribution is 6.33. The lowest BCUT2D eigenvalue weighted by Crippen LogP contribution is -2.44. The molecule has 2 aromatic rings. The van der Waals surface area contributed by atoms with Gasteiger partial charge in [-0.25, -0.2) is 0 Å². The molecular weight excluding hydrogens is 426 g/mol. The first-order valence-electron chi connectivity index (χ1n) is 11.2. The molecule has 2 aromatic carbocycles. The van der Waals surface area contributed by atoms with Crippen LogP contribution in [0.25, 0.3) is 0 Å². The smallest absolute Gasteiger partial charge is 0.227 e. The van der Waals surface area contributed by atoms with Gasteiger partial charge in [-0.15, -0.1) is 0 Å². The van der Waals surface area contributed by atoms with Crippen LogP contribution in [0.15, 0.2) is 48.5 Å². The van der Waals surface area contributed by atoms with Crippen molar-refractivity contribution in [3.8, 4) is 0 Å². The number of nitrogens with zero attached hydrogens (tertiary/aromatic N) is 2. The van der Waals surface area contributed by atoms with Gasteiger partial charge in [0, 0.05) is 39.1 Å². The summed E-state index contributed by atoms with van der Waals surface area (Å²) in [6.45, 7) is 7.79. The van der Waals surface area contributed by atoms with E-state index in [0.717, 1.165) is 25.2 Å². The van der Waals surface area contributed by atoms with Crippen molar-refractivity contribution in [2.24, 2.45) is 5.92 Å². The second kappa shape index (κ2) is 10.0. The number of carbonyl (C=O) groups is 2. The molecule has 3 atom stereocenters. The Morgan fingerprint density at radius 1 is 1.03 bits per heavy atom. The molecule has 2 aliphatic rings. The molecule has 170 valence electrons. The van der Waals surface area contributed by atoms with E-state index in [-0.39, 0.29) is 36.4 Å². The second-order valence-corrected chi connectivity index (χ2v) is 9.25. The van der Waals surface area contributed by atoms with Crippen LogP contribution in [0.3, 0.4) is 0 Å². The summed E-state index contributed by atoms with van der Waals surface area (Å²) in [5, 5.41) is 3.50. The number of hydrogen-bond donors (Lipinski definition) is 1. The molecule has 0 saturated carbocycles. The number of ether oxygens (including phenoxy) is 1. The maximum Gasteiger partial charge on any atom is 0.227 e. The van der Waals surface area contributed by atoms with Gasteiger partial charge >= 0.3 is 0 Å². The quantitative estimate of drug-likeness (QED) is 0.722.